The molecule has 0 atom stereocenters. The summed E-state index contributed by atoms with van der Waals surface area (Å²) < 4.78 is 0. The molecule has 0 spiro atoms. The maximum Gasteiger partial charge on any atom is 0.492 e. The molecule has 0 bridgehead atoms. The molecule has 0 radical (unpaired) electrons. The second kappa shape index (κ2) is 4.56. The summed E-state index contributed by atoms with van der Waals surface area (Å²) in [6, 6.07) is 6.75. The Kier molecular flexibility index (Phi) is 3.65. The molecule has 78 valence electrons. The first-order valence-electron chi connectivity index (χ1n) is 4.42. The van der Waals surface area contributed by atoms with Crippen molar-refractivity contribution in [1.29, 1.82) is 0 Å². The number of phenols is 1. The highest BCUT2D eigenvalue weighted by Crippen LogP contribution is 2.13. The summed E-state index contributed by atoms with van der Waals surface area (Å²) in [6.45, 7) is 0. The molecule has 1 rings (SSSR count). The highest BCUT2D eigenvalue weighted by molar-refractivity contribution is 6.56. The van der Waals surface area contributed by atoms with E-state index < -0.39 is 8.80 Å². The molecule has 5 heteroatoms. The van der Waals surface area contributed by atoms with Crippen LogP contribution in [-0.4, -0.2) is 28.3 Å². The fourth-order valence-electron chi connectivity index (χ4n) is 1.19. The Labute approximate surface area is 83.5 Å². The van der Waals surface area contributed by atoms with Crippen LogP contribution in [0, 0.1) is 0 Å². The van der Waals surface area contributed by atoms with Gasteiger partial charge < -0.3 is 19.5 Å². The second-order valence-corrected chi connectivity index (χ2v) is 5.34. The lowest BCUT2D eigenvalue weighted by Gasteiger charge is -2.08. The van der Waals surface area contributed by atoms with Gasteiger partial charge in [0, 0.05) is 6.04 Å². The molecular formula is C9H14O4Si. The fourth-order valence-corrected chi connectivity index (χ4v) is 1.84. The molecule has 0 aliphatic rings. The predicted octanol–water partition coefficient (Wildman–Crippen LogP) is 0.241. The number of hydrogen-bond acceptors (Lipinski definition) is 4. The highest BCUT2D eigenvalue weighted by Gasteiger charge is 2.25. The van der Waals surface area contributed by atoms with Crippen molar-refractivity contribution >= 4 is 8.80 Å². The molecule has 0 aliphatic carbocycles. The van der Waals surface area contributed by atoms with Gasteiger partial charge in [-0.05, 0) is 30.5 Å². The van der Waals surface area contributed by atoms with Gasteiger partial charge in [0.25, 0.3) is 0 Å². The van der Waals surface area contributed by atoms with E-state index >= 15 is 0 Å². The summed E-state index contributed by atoms with van der Waals surface area (Å²) >= 11 is 0. The highest BCUT2D eigenvalue weighted by atomic mass is 28.4. The average molecular weight is 214 g/mol. The van der Waals surface area contributed by atoms with Gasteiger partial charge in [-0.2, -0.15) is 0 Å². The lowest BCUT2D eigenvalue weighted by Crippen LogP contribution is -2.34. The van der Waals surface area contributed by atoms with Crippen molar-refractivity contribution in [2.75, 3.05) is 0 Å². The van der Waals surface area contributed by atoms with E-state index in [4.69, 9.17) is 19.5 Å². The molecule has 4 N–H and O–H groups in total. The molecule has 0 heterocycles. The molecule has 14 heavy (non-hydrogen) atoms. The van der Waals surface area contributed by atoms with Gasteiger partial charge in [0.1, 0.15) is 5.75 Å². The van der Waals surface area contributed by atoms with Crippen LogP contribution in [0.3, 0.4) is 0 Å². The van der Waals surface area contributed by atoms with Crippen LogP contribution in [0.2, 0.25) is 6.04 Å². The molecule has 0 unspecified atom stereocenters. The van der Waals surface area contributed by atoms with Gasteiger partial charge in [-0.25, -0.2) is 0 Å². The van der Waals surface area contributed by atoms with E-state index in [0.29, 0.717) is 12.8 Å². The maximum absolute atomic E-state index is 9.00. The van der Waals surface area contributed by atoms with Crippen LogP contribution in [0.4, 0.5) is 0 Å². The Balaban J connectivity index is 2.35. The van der Waals surface area contributed by atoms with Gasteiger partial charge in [0.05, 0.1) is 0 Å². The van der Waals surface area contributed by atoms with E-state index in [2.05, 4.69) is 0 Å². The molecule has 0 saturated heterocycles. The third kappa shape index (κ3) is 4.38. The summed E-state index contributed by atoms with van der Waals surface area (Å²) in [5.74, 6) is 0.212. The van der Waals surface area contributed by atoms with Crippen LogP contribution in [0.1, 0.15) is 12.0 Å². The number of benzene rings is 1. The zero-order valence-electron chi connectivity index (χ0n) is 7.72. The number of aromatic hydroxyl groups is 1. The van der Waals surface area contributed by atoms with Gasteiger partial charge in [-0.3, -0.25) is 0 Å². The smallest absolute Gasteiger partial charge is 0.492 e. The van der Waals surface area contributed by atoms with Crippen molar-refractivity contribution in [3.63, 3.8) is 0 Å². The summed E-state index contributed by atoms with van der Waals surface area (Å²) in [4.78, 5) is 26.2. The SMILES string of the molecule is Oc1ccc(CCC[Si](O)(O)O)cc1. The van der Waals surface area contributed by atoms with Crippen LogP contribution in [0.25, 0.3) is 0 Å². The number of phenolic OH excluding ortho intramolecular Hbond substituents is 1. The van der Waals surface area contributed by atoms with Gasteiger partial charge in [0.15, 0.2) is 0 Å². The summed E-state index contributed by atoms with van der Waals surface area (Å²) in [5, 5.41) is 9.00. The minimum Gasteiger partial charge on any atom is -0.508 e. The van der Waals surface area contributed by atoms with Gasteiger partial charge in [-0.1, -0.05) is 12.1 Å². The van der Waals surface area contributed by atoms with Gasteiger partial charge in [-0.15, -0.1) is 0 Å². The average Bonchev–Trinajstić information content (AvgIpc) is 2.06. The van der Waals surface area contributed by atoms with E-state index in [1.807, 2.05) is 0 Å². The number of hydrogen-bond donors (Lipinski definition) is 4. The molecule has 1 aromatic carbocycles. The Morgan fingerprint density at radius 1 is 1.00 bits per heavy atom. The molecule has 4 nitrogen and oxygen atoms in total. The van der Waals surface area contributed by atoms with Crippen LogP contribution >= 0.6 is 0 Å². The molecule has 0 fully saturated rings. The Morgan fingerprint density at radius 3 is 2.07 bits per heavy atom. The van der Waals surface area contributed by atoms with Crippen molar-refractivity contribution in [2.45, 2.75) is 18.9 Å². The molecule has 0 aromatic heterocycles. The third-order valence-electron chi connectivity index (χ3n) is 1.91. The molecule has 0 aliphatic heterocycles. The molecular weight excluding hydrogens is 200 g/mol. The van der Waals surface area contributed by atoms with Gasteiger partial charge in [0.2, 0.25) is 0 Å². The summed E-state index contributed by atoms with van der Waals surface area (Å²) in [7, 11) is -3.87. The van der Waals surface area contributed by atoms with E-state index in [0.717, 1.165) is 5.56 Å². The largest absolute Gasteiger partial charge is 0.508 e. The lowest BCUT2D eigenvalue weighted by atomic mass is 10.1. The second-order valence-electron chi connectivity index (χ2n) is 3.29. The molecule has 0 amide bonds. The summed E-state index contributed by atoms with van der Waals surface area (Å²) in [5.41, 5.74) is 1.00. The minimum absolute atomic E-state index is 0.0495. The molecule has 1 aromatic rings. The van der Waals surface area contributed by atoms with E-state index in [1.165, 1.54) is 0 Å². The van der Waals surface area contributed by atoms with Crippen LogP contribution in [0.5, 0.6) is 5.75 Å². The van der Waals surface area contributed by atoms with E-state index in [-0.39, 0.29) is 11.8 Å². The topological polar surface area (TPSA) is 80.9 Å². The zero-order valence-corrected chi connectivity index (χ0v) is 8.72. The minimum atomic E-state index is -3.87. The van der Waals surface area contributed by atoms with Crippen LogP contribution < -0.4 is 0 Å². The van der Waals surface area contributed by atoms with E-state index in [1.54, 1.807) is 24.3 Å². The maximum atomic E-state index is 9.00. The van der Waals surface area contributed by atoms with E-state index in [9.17, 15) is 0 Å². The van der Waals surface area contributed by atoms with Crippen molar-refractivity contribution in [2.24, 2.45) is 0 Å². The summed E-state index contributed by atoms with van der Waals surface area (Å²) in [6.07, 6.45) is 1.19. The lowest BCUT2D eigenvalue weighted by molar-refractivity contribution is 0.226. The quantitative estimate of drug-likeness (QED) is 0.541. The van der Waals surface area contributed by atoms with Gasteiger partial charge >= 0.3 is 8.80 Å². The normalized spacial score (nSPS) is 11.6. The first-order valence-corrected chi connectivity index (χ1v) is 6.47. The Morgan fingerprint density at radius 2 is 1.57 bits per heavy atom. The third-order valence-corrected chi connectivity index (χ3v) is 2.94. The van der Waals surface area contributed by atoms with Crippen molar-refractivity contribution in [3.8, 4) is 5.75 Å². The number of rotatable bonds is 4. The first-order chi connectivity index (χ1) is 6.47. The Hall–Kier alpha value is -0.883. The zero-order chi connectivity index (χ0) is 10.6. The van der Waals surface area contributed by atoms with Crippen molar-refractivity contribution < 1.29 is 19.5 Å². The van der Waals surface area contributed by atoms with Crippen LogP contribution in [-0.2, 0) is 6.42 Å². The molecule has 0 saturated carbocycles. The fraction of sp³-hybridized carbons (Fsp3) is 0.333. The number of aryl methyl sites for hydroxylation is 1. The monoisotopic (exact) mass is 214 g/mol. The van der Waals surface area contributed by atoms with Crippen molar-refractivity contribution in [1.82, 2.24) is 0 Å². The predicted molar refractivity (Wildman–Crippen MR) is 53.6 cm³/mol. The first kappa shape index (κ1) is 11.2. The standard InChI is InChI=1S/C9H14O4Si/c10-9-5-3-8(4-6-9)2-1-7-14(11,12)13/h3-6,10-13H,1-2,7H2. The Bertz CT molecular complexity index is 278. The van der Waals surface area contributed by atoms with Crippen molar-refractivity contribution in [3.05, 3.63) is 29.8 Å². The van der Waals surface area contributed by atoms with Crippen LogP contribution in [0.15, 0.2) is 24.3 Å².